The van der Waals surface area contributed by atoms with E-state index in [1.54, 1.807) is 18.4 Å². The Balaban J connectivity index is 1.90. The Labute approximate surface area is 124 Å². The number of hydrogen-bond donors (Lipinski definition) is 1. The minimum Gasteiger partial charge on any atom is -0.467 e. The van der Waals surface area contributed by atoms with Crippen LogP contribution in [0.1, 0.15) is 30.2 Å². The minimum atomic E-state index is -3.51. The van der Waals surface area contributed by atoms with Crippen molar-refractivity contribution in [3.8, 4) is 0 Å². The van der Waals surface area contributed by atoms with Gasteiger partial charge in [-0.2, -0.15) is 17.4 Å². The van der Waals surface area contributed by atoms with Gasteiger partial charge in [0.25, 0.3) is 10.2 Å². The molecule has 2 aromatic rings. The van der Waals surface area contributed by atoms with E-state index in [1.165, 1.54) is 4.31 Å². The van der Waals surface area contributed by atoms with Crippen molar-refractivity contribution in [2.24, 2.45) is 0 Å². The van der Waals surface area contributed by atoms with Gasteiger partial charge in [-0.15, -0.1) is 0 Å². The smallest absolute Gasteiger partial charge is 0.280 e. The first-order valence-corrected chi connectivity index (χ1v) is 8.46. The van der Waals surface area contributed by atoms with Crippen LogP contribution in [0.4, 0.5) is 0 Å². The highest BCUT2D eigenvalue weighted by Crippen LogP contribution is 2.24. The molecule has 1 unspecified atom stereocenters. The van der Waals surface area contributed by atoms with Gasteiger partial charge in [0, 0.05) is 13.1 Å². The zero-order valence-electron chi connectivity index (χ0n) is 11.6. The second-order valence-electron chi connectivity index (χ2n) is 5.09. The fraction of sp³-hybridized carbons (Fsp3) is 0.333. The molecule has 0 radical (unpaired) electrons. The molecule has 6 heteroatoms. The summed E-state index contributed by atoms with van der Waals surface area (Å²) in [5, 5.41) is 0. The van der Waals surface area contributed by atoms with Gasteiger partial charge in [0.15, 0.2) is 0 Å². The van der Waals surface area contributed by atoms with E-state index >= 15 is 0 Å². The average molecular weight is 306 g/mol. The van der Waals surface area contributed by atoms with Crippen molar-refractivity contribution in [3.05, 3.63) is 60.1 Å². The van der Waals surface area contributed by atoms with Gasteiger partial charge in [-0.1, -0.05) is 30.3 Å². The number of rotatable bonds is 5. The summed E-state index contributed by atoms with van der Waals surface area (Å²) in [6.07, 6.45) is 3.38. The fourth-order valence-electron chi connectivity index (χ4n) is 2.54. The summed E-state index contributed by atoms with van der Waals surface area (Å²) in [6.45, 7) is 1.16. The maximum absolute atomic E-state index is 12.5. The molecular weight excluding hydrogens is 288 g/mol. The maximum atomic E-state index is 12.5. The number of nitrogens with one attached hydrogen (secondary N) is 1. The molecule has 1 aliphatic rings. The van der Waals surface area contributed by atoms with E-state index in [0.29, 0.717) is 18.8 Å². The van der Waals surface area contributed by atoms with Gasteiger partial charge in [0.2, 0.25) is 0 Å². The summed E-state index contributed by atoms with van der Waals surface area (Å²) in [5.74, 6) is 0.587. The Morgan fingerprint density at radius 3 is 2.38 bits per heavy atom. The molecule has 0 spiro atoms. The molecule has 0 aliphatic carbocycles. The van der Waals surface area contributed by atoms with E-state index in [-0.39, 0.29) is 0 Å². The van der Waals surface area contributed by atoms with Gasteiger partial charge in [-0.3, -0.25) is 0 Å². The van der Waals surface area contributed by atoms with Gasteiger partial charge in [0.1, 0.15) is 11.8 Å². The zero-order valence-corrected chi connectivity index (χ0v) is 12.4. The van der Waals surface area contributed by atoms with E-state index in [2.05, 4.69) is 4.72 Å². The summed E-state index contributed by atoms with van der Waals surface area (Å²) in [4.78, 5) is 0. The van der Waals surface area contributed by atoms with Gasteiger partial charge >= 0.3 is 0 Å². The quantitative estimate of drug-likeness (QED) is 0.922. The average Bonchev–Trinajstić information content (AvgIpc) is 3.19. The number of benzene rings is 1. The highest BCUT2D eigenvalue weighted by molar-refractivity contribution is 7.87. The van der Waals surface area contributed by atoms with E-state index in [0.717, 1.165) is 18.4 Å². The second kappa shape index (κ2) is 6.01. The minimum absolute atomic E-state index is 0.508. The topological polar surface area (TPSA) is 62.6 Å². The standard InChI is InChI=1S/C15H18N2O3S/c18-21(19,17-10-4-5-11-17)16-15(14-9-6-12-20-14)13-7-2-1-3-8-13/h1-3,6-9,12,15-16H,4-5,10-11H2. The lowest BCUT2D eigenvalue weighted by atomic mass is 10.1. The third-order valence-corrected chi connectivity index (χ3v) is 5.21. The third-order valence-electron chi connectivity index (χ3n) is 3.63. The molecule has 1 fully saturated rings. The fourth-order valence-corrected chi connectivity index (χ4v) is 3.98. The largest absolute Gasteiger partial charge is 0.467 e. The summed E-state index contributed by atoms with van der Waals surface area (Å²) < 4.78 is 34.6. The number of nitrogens with zero attached hydrogens (tertiary/aromatic N) is 1. The Kier molecular flexibility index (Phi) is 4.10. The molecule has 2 heterocycles. The van der Waals surface area contributed by atoms with Crippen LogP contribution in [0.15, 0.2) is 53.1 Å². The molecule has 1 aliphatic heterocycles. The van der Waals surface area contributed by atoms with Gasteiger partial charge in [-0.25, -0.2) is 0 Å². The highest BCUT2D eigenvalue weighted by Gasteiger charge is 2.30. The normalized spacial score (nSPS) is 17.9. The van der Waals surface area contributed by atoms with E-state index in [9.17, 15) is 8.42 Å². The van der Waals surface area contributed by atoms with Gasteiger partial charge < -0.3 is 4.42 Å². The van der Waals surface area contributed by atoms with Crippen LogP contribution in [0.5, 0.6) is 0 Å². The molecule has 0 saturated carbocycles. The highest BCUT2D eigenvalue weighted by atomic mass is 32.2. The van der Waals surface area contributed by atoms with Crippen LogP contribution in [-0.2, 0) is 10.2 Å². The Bertz CT molecular complexity index is 662. The van der Waals surface area contributed by atoms with Crippen LogP contribution in [0, 0.1) is 0 Å². The molecule has 1 N–H and O–H groups in total. The van der Waals surface area contributed by atoms with E-state index < -0.39 is 16.3 Å². The first-order valence-electron chi connectivity index (χ1n) is 7.02. The van der Waals surface area contributed by atoms with Crippen LogP contribution < -0.4 is 4.72 Å². The molecule has 1 aromatic carbocycles. The first kappa shape index (κ1) is 14.3. The first-order chi connectivity index (χ1) is 10.2. The molecule has 0 amide bonds. The summed E-state index contributed by atoms with van der Waals surface area (Å²) >= 11 is 0. The maximum Gasteiger partial charge on any atom is 0.280 e. The van der Waals surface area contributed by atoms with Gasteiger partial charge in [-0.05, 0) is 30.5 Å². The second-order valence-corrected chi connectivity index (χ2v) is 6.79. The Morgan fingerprint density at radius 1 is 1.05 bits per heavy atom. The lowest BCUT2D eigenvalue weighted by molar-refractivity contribution is 0.437. The Hall–Kier alpha value is -1.63. The predicted octanol–water partition coefficient (Wildman–Crippen LogP) is 2.30. The molecule has 112 valence electrons. The van der Waals surface area contributed by atoms with Crippen molar-refractivity contribution in [1.29, 1.82) is 0 Å². The molecule has 0 bridgehead atoms. The van der Waals surface area contributed by atoms with Crippen molar-refractivity contribution in [2.75, 3.05) is 13.1 Å². The summed E-state index contributed by atoms with van der Waals surface area (Å²) in [6, 6.07) is 12.5. The molecule has 5 nitrogen and oxygen atoms in total. The molecule has 1 aromatic heterocycles. The van der Waals surface area contributed by atoms with E-state index in [4.69, 9.17) is 4.42 Å². The molecule has 1 saturated heterocycles. The van der Waals surface area contributed by atoms with Crippen LogP contribution >= 0.6 is 0 Å². The SMILES string of the molecule is O=S(=O)(NC(c1ccccc1)c1ccco1)N1CCCC1. The summed E-state index contributed by atoms with van der Waals surface area (Å²) in [5.41, 5.74) is 0.857. The third kappa shape index (κ3) is 3.18. The lowest BCUT2D eigenvalue weighted by Crippen LogP contribution is -2.41. The number of hydrogen-bond acceptors (Lipinski definition) is 3. The lowest BCUT2D eigenvalue weighted by Gasteiger charge is -2.22. The molecule has 1 atom stereocenters. The van der Waals surface area contributed by atoms with Crippen LogP contribution in [-0.4, -0.2) is 25.8 Å². The summed E-state index contributed by atoms with van der Waals surface area (Å²) in [7, 11) is -3.51. The molecular formula is C15H18N2O3S. The zero-order chi connectivity index (χ0) is 14.7. The predicted molar refractivity (Wildman–Crippen MR) is 79.9 cm³/mol. The Morgan fingerprint density at radius 2 is 1.76 bits per heavy atom. The van der Waals surface area contributed by atoms with Crippen molar-refractivity contribution in [3.63, 3.8) is 0 Å². The monoisotopic (exact) mass is 306 g/mol. The van der Waals surface area contributed by atoms with Crippen LogP contribution in [0.2, 0.25) is 0 Å². The van der Waals surface area contributed by atoms with Gasteiger partial charge in [0.05, 0.1) is 6.26 Å². The molecule has 21 heavy (non-hydrogen) atoms. The van der Waals surface area contributed by atoms with Crippen molar-refractivity contribution in [2.45, 2.75) is 18.9 Å². The van der Waals surface area contributed by atoms with Crippen LogP contribution in [0.3, 0.4) is 0 Å². The van der Waals surface area contributed by atoms with Crippen molar-refractivity contribution < 1.29 is 12.8 Å². The van der Waals surface area contributed by atoms with Crippen molar-refractivity contribution >= 4 is 10.2 Å². The van der Waals surface area contributed by atoms with Crippen molar-refractivity contribution in [1.82, 2.24) is 9.03 Å². The molecule has 3 rings (SSSR count). The number of furan rings is 1. The van der Waals surface area contributed by atoms with E-state index in [1.807, 2.05) is 30.3 Å². The van der Waals surface area contributed by atoms with Crippen LogP contribution in [0.25, 0.3) is 0 Å².